The van der Waals surface area contributed by atoms with Crippen LogP contribution in [0.1, 0.15) is 66.9 Å². The van der Waals surface area contributed by atoms with Crippen LogP contribution in [0.5, 0.6) is 0 Å². The SMILES string of the molecule is CC(C)(C)OC(=O)N1CCCC1C1NC=C(c2ccc(B3OC(C)(C)C(C)(C)O3)cc2)N1. The van der Waals surface area contributed by atoms with Crippen LogP contribution in [0.2, 0.25) is 0 Å². The van der Waals surface area contributed by atoms with Gasteiger partial charge in [0.05, 0.1) is 22.9 Å². The second-order valence-electron chi connectivity index (χ2n) is 10.9. The van der Waals surface area contributed by atoms with Gasteiger partial charge in [0.25, 0.3) is 0 Å². The van der Waals surface area contributed by atoms with Crippen molar-refractivity contribution in [1.82, 2.24) is 15.5 Å². The molecule has 2 fully saturated rings. The molecule has 4 rings (SSSR count). The van der Waals surface area contributed by atoms with Crippen molar-refractivity contribution in [3.63, 3.8) is 0 Å². The van der Waals surface area contributed by atoms with E-state index >= 15 is 0 Å². The summed E-state index contributed by atoms with van der Waals surface area (Å²) in [4.78, 5) is 14.5. The van der Waals surface area contributed by atoms with Gasteiger partial charge in [0.15, 0.2) is 0 Å². The van der Waals surface area contributed by atoms with E-state index in [9.17, 15) is 4.79 Å². The summed E-state index contributed by atoms with van der Waals surface area (Å²) in [5, 5.41) is 6.96. The van der Waals surface area contributed by atoms with E-state index < -0.39 is 5.60 Å². The highest BCUT2D eigenvalue weighted by molar-refractivity contribution is 6.62. The minimum Gasteiger partial charge on any atom is -0.444 e. The minimum absolute atomic E-state index is 0.0391. The van der Waals surface area contributed by atoms with Crippen LogP contribution < -0.4 is 16.1 Å². The molecule has 0 radical (unpaired) electrons. The van der Waals surface area contributed by atoms with Gasteiger partial charge in [-0.05, 0) is 72.3 Å². The van der Waals surface area contributed by atoms with Crippen molar-refractivity contribution >= 4 is 24.4 Å². The second-order valence-corrected chi connectivity index (χ2v) is 10.9. The monoisotopic (exact) mass is 441 g/mol. The number of nitrogens with zero attached hydrogens (tertiary/aromatic N) is 1. The molecule has 0 bridgehead atoms. The third-order valence-electron chi connectivity index (χ3n) is 6.78. The van der Waals surface area contributed by atoms with Crippen LogP contribution in [-0.4, -0.2) is 53.7 Å². The van der Waals surface area contributed by atoms with Gasteiger partial charge in [-0.25, -0.2) is 4.79 Å². The zero-order valence-corrected chi connectivity index (χ0v) is 20.3. The van der Waals surface area contributed by atoms with Crippen molar-refractivity contribution < 1.29 is 18.8 Å². The van der Waals surface area contributed by atoms with Crippen molar-refractivity contribution in [1.29, 1.82) is 0 Å². The molecule has 0 aromatic heterocycles. The molecule has 8 heteroatoms. The highest BCUT2D eigenvalue weighted by Crippen LogP contribution is 2.36. The Kier molecular flexibility index (Phi) is 5.74. The lowest BCUT2D eigenvalue weighted by Gasteiger charge is -2.32. The zero-order chi connectivity index (χ0) is 23.3. The maximum atomic E-state index is 12.6. The maximum absolute atomic E-state index is 12.6. The molecule has 7 nitrogen and oxygen atoms in total. The first kappa shape index (κ1) is 23.0. The van der Waals surface area contributed by atoms with Crippen LogP contribution >= 0.6 is 0 Å². The van der Waals surface area contributed by atoms with Gasteiger partial charge < -0.3 is 29.6 Å². The highest BCUT2D eigenvalue weighted by atomic mass is 16.7. The summed E-state index contributed by atoms with van der Waals surface area (Å²) in [5.74, 6) is 0. The van der Waals surface area contributed by atoms with Crippen LogP contribution in [0.3, 0.4) is 0 Å². The topological polar surface area (TPSA) is 72.1 Å². The molecule has 3 aliphatic heterocycles. The van der Waals surface area contributed by atoms with Gasteiger partial charge in [-0.3, -0.25) is 0 Å². The molecule has 1 amide bonds. The molecule has 2 saturated heterocycles. The van der Waals surface area contributed by atoms with E-state index in [-0.39, 0.29) is 36.6 Å². The lowest BCUT2D eigenvalue weighted by atomic mass is 9.79. The van der Waals surface area contributed by atoms with E-state index in [0.717, 1.165) is 36.1 Å². The van der Waals surface area contributed by atoms with E-state index in [1.807, 2.05) is 31.9 Å². The fourth-order valence-electron chi connectivity index (χ4n) is 4.28. The number of carbonyl (C=O) groups excluding carboxylic acids is 1. The minimum atomic E-state index is -0.497. The number of hydrogen-bond donors (Lipinski definition) is 2. The van der Waals surface area contributed by atoms with Gasteiger partial charge in [0, 0.05) is 12.7 Å². The Labute approximate surface area is 192 Å². The van der Waals surface area contributed by atoms with Crippen LogP contribution in [0.4, 0.5) is 4.79 Å². The Bertz CT molecular complexity index is 876. The largest absolute Gasteiger partial charge is 0.494 e. The summed E-state index contributed by atoms with van der Waals surface area (Å²) in [5.41, 5.74) is 1.87. The first-order chi connectivity index (χ1) is 14.9. The van der Waals surface area contributed by atoms with E-state index in [4.69, 9.17) is 14.0 Å². The van der Waals surface area contributed by atoms with Crippen molar-refractivity contribution in [2.75, 3.05) is 6.54 Å². The fourth-order valence-corrected chi connectivity index (χ4v) is 4.28. The quantitative estimate of drug-likeness (QED) is 0.703. The Morgan fingerprint density at radius 3 is 2.34 bits per heavy atom. The first-order valence-corrected chi connectivity index (χ1v) is 11.5. The maximum Gasteiger partial charge on any atom is 0.494 e. The number of amides is 1. The van der Waals surface area contributed by atoms with Gasteiger partial charge >= 0.3 is 13.2 Å². The molecule has 2 N–H and O–H groups in total. The number of nitrogens with one attached hydrogen (secondary N) is 2. The van der Waals surface area contributed by atoms with Gasteiger partial charge in [0.2, 0.25) is 0 Å². The number of likely N-dealkylation sites (tertiary alicyclic amines) is 1. The van der Waals surface area contributed by atoms with E-state index in [2.05, 4.69) is 62.6 Å². The summed E-state index contributed by atoms with van der Waals surface area (Å²) < 4.78 is 17.9. The molecular formula is C24H36BN3O4. The van der Waals surface area contributed by atoms with Crippen LogP contribution in [0.25, 0.3) is 5.70 Å². The smallest absolute Gasteiger partial charge is 0.444 e. The van der Waals surface area contributed by atoms with Crippen LogP contribution in [0, 0.1) is 0 Å². The number of hydrogen-bond acceptors (Lipinski definition) is 6. The molecule has 3 aliphatic rings. The Balaban J connectivity index is 1.39. The molecule has 0 saturated carbocycles. The average molecular weight is 441 g/mol. The number of carbonyl (C=O) groups is 1. The predicted molar refractivity (Wildman–Crippen MR) is 126 cm³/mol. The standard InChI is InChI=1S/C24H36BN3O4/c1-22(2,3)30-21(29)28-14-8-9-19(28)20-26-15-18(27-20)16-10-12-17(13-11-16)25-31-23(4,5)24(6,7)32-25/h10-13,15,19-20,26-27H,8-9,14H2,1-7H3. The Morgan fingerprint density at radius 1 is 1.12 bits per heavy atom. The summed E-state index contributed by atoms with van der Waals surface area (Å²) in [6.45, 7) is 14.7. The van der Waals surface area contributed by atoms with Gasteiger partial charge in [-0.1, -0.05) is 24.3 Å². The van der Waals surface area contributed by atoms with E-state index in [0.29, 0.717) is 0 Å². The number of ether oxygens (including phenoxy) is 1. The van der Waals surface area contributed by atoms with E-state index in [1.165, 1.54) is 0 Å². The molecule has 2 atom stereocenters. The lowest BCUT2D eigenvalue weighted by molar-refractivity contribution is 0.00578. The van der Waals surface area contributed by atoms with Crippen LogP contribution in [0.15, 0.2) is 30.5 Å². The van der Waals surface area contributed by atoms with Gasteiger partial charge in [-0.2, -0.15) is 0 Å². The van der Waals surface area contributed by atoms with Crippen molar-refractivity contribution in [3.8, 4) is 0 Å². The lowest BCUT2D eigenvalue weighted by Crippen LogP contribution is -2.52. The summed E-state index contributed by atoms with van der Waals surface area (Å²) in [6.07, 6.45) is 3.61. The van der Waals surface area contributed by atoms with Crippen molar-refractivity contribution in [2.45, 2.75) is 90.3 Å². The number of rotatable bonds is 3. The number of benzene rings is 1. The Morgan fingerprint density at radius 2 is 1.75 bits per heavy atom. The van der Waals surface area contributed by atoms with Crippen LogP contribution in [-0.2, 0) is 14.0 Å². The second kappa shape index (κ2) is 7.99. The predicted octanol–water partition coefficient (Wildman–Crippen LogP) is 3.20. The summed E-state index contributed by atoms with van der Waals surface area (Å²) in [7, 11) is -0.369. The molecule has 1 aromatic rings. The normalized spacial score (nSPS) is 26.5. The molecule has 3 heterocycles. The van der Waals surface area contributed by atoms with Gasteiger partial charge in [0.1, 0.15) is 11.8 Å². The molecule has 1 aromatic carbocycles. The van der Waals surface area contributed by atoms with Gasteiger partial charge in [-0.15, -0.1) is 0 Å². The molecule has 174 valence electrons. The molecule has 0 spiro atoms. The molecule has 0 aliphatic carbocycles. The summed E-state index contributed by atoms with van der Waals surface area (Å²) in [6, 6.07) is 8.29. The van der Waals surface area contributed by atoms with Crippen molar-refractivity contribution in [2.24, 2.45) is 0 Å². The molecular weight excluding hydrogens is 405 g/mol. The highest BCUT2D eigenvalue weighted by Gasteiger charge is 2.51. The van der Waals surface area contributed by atoms with Crippen molar-refractivity contribution in [3.05, 3.63) is 36.0 Å². The Hall–Kier alpha value is -2.19. The third-order valence-corrected chi connectivity index (χ3v) is 6.78. The average Bonchev–Trinajstić information content (AvgIpc) is 3.38. The van der Waals surface area contributed by atoms with E-state index in [1.54, 1.807) is 0 Å². The third kappa shape index (κ3) is 4.48. The molecule has 2 unspecified atom stereocenters. The summed E-state index contributed by atoms with van der Waals surface area (Å²) >= 11 is 0. The zero-order valence-electron chi connectivity index (χ0n) is 20.3. The first-order valence-electron chi connectivity index (χ1n) is 11.5. The molecule has 32 heavy (non-hydrogen) atoms. The fraction of sp³-hybridized carbons (Fsp3) is 0.625.